The lowest BCUT2D eigenvalue weighted by Crippen LogP contribution is -2.37. The van der Waals surface area contributed by atoms with Crippen molar-refractivity contribution in [3.05, 3.63) is 23.6 Å². The van der Waals surface area contributed by atoms with Gasteiger partial charge in [0.15, 0.2) is 11.6 Å². The van der Waals surface area contributed by atoms with Crippen molar-refractivity contribution < 1.29 is 14.3 Å². The van der Waals surface area contributed by atoms with Gasteiger partial charge in [-0.1, -0.05) is 0 Å². The number of nitrogen functional groups attached to an aromatic ring is 1. The second-order valence-electron chi connectivity index (χ2n) is 3.61. The molecule has 1 unspecified atom stereocenters. The number of nitrogens with one attached hydrogen (secondary N) is 1. The smallest absolute Gasteiger partial charge is 0.257 e. The Morgan fingerprint density at radius 3 is 2.94 bits per heavy atom. The molecule has 0 bridgehead atoms. The van der Waals surface area contributed by atoms with Gasteiger partial charge in [0.05, 0.1) is 18.2 Å². The number of nitrogens with two attached hydrogens (primary N) is 1. The number of anilines is 1. The number of rotatable bonds is 4. The van der Waals surface area contributed by atoms with Gasteiger partial charge in [-0.3, -0.25) is 4.79 Å². The molecule has 1 aromatic heterocycles. The van der Waals surface area contributed by atoms with Crippen molar-refractivity contribution in [2.24, 2.45) is 5.84 Å². The number of hydrazine groups is 1. The van der Waals surface area contributed by atoms with Crippen LogP contribution in [0.5, 0.6) is 0 Å². The fraction of sp³-hybridized carbons (Fsp3) is 0.400. The van der Waals surface area contributed by atoms with Gasteiger partial charge >= 0.3 is 0 Å². The molecule has 0 saturated carbocycles. The summed E-state index contributed by atoms with van der Waals surface area (Å²) in [5.74, 6) is 3.52. The molecule has 94 valence electrons. The van der Waals surface area contributed by atoms with Crippen LogP contribution in [0.2, 0.25) is 0 Å². The second-order valence-corrected chi connectivity index (χ2v) is 3.61. The molecule has 0 spiro atoms. The summed E-state index contributed by atoms with van der Waals surface area (Å²) in [6.45, 7) is 1.45. The lowest BCUT2D eigenvalue weighted by atomic mass is 10.2. The van der Waals surface area contributed by atoms with Crippen LogP contribution in [0.1, 0.15) is 17.3 Å². The maximum Gasteiger partial charge on any atom is 0.257 e. The van der Waals surface area contributed by atoms with E-state index in [9.17, 15) is 9.18 Å². The van der Waals surface area contributed by atoms with E-state index in [0.29, 0.717) is 0 Å². The Balaban J connectivity index is 3.04. The van der Waals surface area contributed by atoms with E-state index in [-0.39, 0.29) is 18.0 Å². The standard InChI is InChI=1S/C10H15FN4O2/c1-6(5-16)15(2)10(17)7-3-4-13-9(14-12)8(7)11/h3-4,6,16H,5,12H2,1-2H3,(H,13,14). The number of carbonyl (C=O) groups is 1. The molecule has 1 atom stereocenters. The largest absolute Gasteiger partial charge is 0.394 e. The van der Waals surface area contributed by atoms with Crippen molar-refractivity contribution >= 4 is 11.7 Å². The Hall–Kier alpha value is -1.73. The quantitative estimate of drug-likeness (QED) is 0.509. The molecule has 0 aromatic carbocycles. The Kier molecular flexibility index (Phi) is 4.36. The molecule has 1 rings (SSSR count). The van der Waals surface area contributed by atoms with Crippen molar-refractivity contribution in [1.82, 2.24) is 9.88 Å². The Morgan fingerprint density at radius 2 is 2.41 bits per heavy atom. The topological polar surface area (TPSA) is 91.5 Å². The molecule has 7 heteroatoms. The Labute approximate surface area is 98.2 Å². The van der Waals surface area contributed by atoms with E-state index in [1.54, 1.807) is 6.92 Å². The molecule has 4 N–H and O–H groups in total. The highest BCUT2D eigenvalue weighted by Gasteiger charge is 2.21. The van der Waals surface area contributed by atoms with Gasteiger partial charge in [-0.25, -0.2) is 15.2 Å². The van der Waals surface area contributed by atoms with Crippen LogP contribution in [0.15, 0.2) is 12.3 Å². The first-order chi connectivity index (χ1) is 8.02. The number of halogens is 1. The first kappa shape index (κ1) is 13.3. The number of aliphatic hydroxyl groups excluding tert-OH is 1. The van der Waals surface area contributed by atoms with Gasteiger partial charge in [0, 0.05) is 13.2 Å². The normalized spacial score (nSPS) is 12.1. The minimum absolute atomic E-state index is 0.143. The summed E-state index contributed by atoms with van der Waals surface area (Å²) < 4.78 is 13.7. The van der Waals surface area contributed by atoms with Crippen LogP contribution in [0, 0.1) is 5.82 Å². The first-order valence-electron chi connectivity index (χ1n) is 5.02. The molecule has 0 saturated heterocycles. The number of pyridine rings is 1. The van der Waals surface area contributed by atoms with Crippen LogP contribution in [0.25, 0.3) is 0 Å². The number of carbonyl (C=O) groups excluding carboxylic acids is 1. The third-order valence-corrected chi connectivity index (χ3v) is 2.50. The Bertz CT molecular complexity index is 413. The van der Waals surface area contributed by atoms with Crippen LogP contribution in [-0.2, 0) is 0 Å². The lowest BCUT2D eigenvalue weighted by molar-refractivity contribution is 0.0677. The molecule has 17 heavy (non-hydrogen) atoms. The van der Waals surface area contributed by atoms with Gasteiger partial charge in [0.25, 0.3) is 5.91 Å². The summed E-state index contributed by atoms with van der Waals surface area (Å²) in [5.41, 5.74) is 1.92. The molecule has 0 aliphatic rings. The number of hydrogen-bond donors (Lipinski definition) is 3. The minimum Gasteiger partial charge on any atom is -0.394 e. The fourth-order valence-corrected chi connectivity index (χ4v) is 1.22. The minimum atomic E-state index is -0.808. The zero-order valence-corrected chi connectivity index (χ0v) is 9.64. The van der Waals surface area contributed by atoms with E-state index in [1.165, 1.54) is 24.2 Å². The molecular formula is C10H15FN4O2. The van der Waals surface area contributed by atoms with E-state index in [4.69, 9.17) is 10.9 Å². The zero-order valence-electron chi connectivity index (χ0n) is 9.64. The summed E-state index contributed by atoms with van der Waals surface area (Å²) in [4.78, 5) is 16.8. The Morgan fingerprint density at radius 1 is 1.76 bits per heavy atom. The summed E-state index contributed by atoms with van der Waals surface area (Å²) in [6, 6.07) is 0.864. The van der Waals surface area contributed by atoms with Crippen molar-refractivity contribution in [1.29, 1.82) is 0 Å². The van der Waals surface area contributed by atoms with E-state index in [0.717, 1.165) is 0 Å². The summed E-state index contributed by atoms with van der Waals surface area (Å²) in [6.07, 6.45) is 1.28. The van der Waals surface area contributed by atoms with Crippen LogP contribution >= 0.6 is 0 Å². The maximum atomic E-state index is 13.7. The number of likely N-dealkylation sites (N-methyl/N-ethyl adjacent to an activating group) is 1. The fourth-order valence-electron chi connectivity index (χ4n) is 1.22. The third-order valence-electron chi connectivity index (χ3n) is 2.50. The monoisotopic (exact) mass is 242 g/mol. The summed E-state index contributed by atoms with van der Waals surface area (Å²) >= 11 is 0. The number of aromatic nitrogens is 1. The molecule has 0 aliphatic heterocycles. The van der Waals surface area contributed by atoms with Gasteiger partial charge in [-0.05, 0) is 13.0 Å². The van der Waals surface area contributed by atoms with Crippen molar-refractivity contribution in [3.8, 4) is 0 Å². The van der Waals surface area contributed by atoms with Gasteiger partial charge in [-0.15, -0.1) is 0 Å². The number of amides is 1. The molecular weight excluding hydrogens is 227 g/mol. The highest BCUT2D eigenvalue weighted by molar-refractivity contribution is 5.95. The second kappa shape index (κ2) is 5.55. The van der Waals surface area contributed by atoms with Crippen LogP contribution in [0.4, 0.5) is 10.2 Å². The zero-order chi connectivity index (χ0) is 13.0. The van der Waals surface area contributed by atoms with Crippen LogP contribution < -0.4 is 11.3 Å². The van der Waals surface area contributed by atoms with Crippen molar-refractivity contribution in [3.63, 3.8) is 0 Å². The lowest BCUT2D eigenvalue weighted by Gasteiger charge is -2.23. The molecule has 0 aliphatic carbocycles. The predicted octanol–water partition coefficient (Wildman–Crippen LogP) is -0.0409. The van der Waals surface area contributed by atoms with Gasteiger partial charge in [-0.2, -0.15) is 0 Å². The van der Waals surface area contributed by atoms with Gasteiger partial charge in [0.1, 0.15) is 0 Å². The number of aliphatic hydroxyl groups is 1. The molecule has 1 amide bonds. The molecule has 0 fully saturated rings. The highest BCUT2D eigenvalue weighted by atomic mass is 19.1. The van der Waals surface area contributed by atoms with Crippen molar-refractivity contribution in [2.45, 2.75) is 13.0 Å². The number of nitrogens with zero attached hydrogens (tertiary/aromatic N) is 2. The average molecular weight is 242 g/mol. The number of hydrogen-bond acceptors (Lipinski definition) is 5. The summed E-state index contributed by atoms with van der Waals surface area (Å²) in [5, 5.41) is 8.94. The van der Waals surface area contributed by atoms with Gasteiger partial charge < -0.3 is 15.4 Å². The molecule has 6 nitrogen and oxygen atoms in total. The molecule has 1 aromatic rings. The maximum absolute atomic E-state index is 13.7. The van der Waals surface area contributed by atoms with Crippen LogP contribution in [0.3, 0.4) is 0 Å². The SMILES string of the molecule is CC(CO)N(C)C(=O)c1ccnc(NN)c1F. The molecule has 1 heterocycles. The third kappa shape index (κ3) is 2.69. The van der Waals surface area contributed by atoms with Crippen LogP contribution in [-0.4, -0.2) is 40.6 Å². The van der Waals surface area contributed by atoms with Gasteiger partial charge in [0.2, 0.25) is 0 Å². The van der Waals surface area contributed by atoms with E-state index >= 15 is 0 Å². The van der Waals surface area contributed by atoms with E-state index in [1.807, 2.05) is 0 Å². The predicted molar refractivity (Wildman–Crippen MR) is 60.6 cm³/mol. The highest BCUT2D eigenvalue weighted by Crippen LogP contribution is 2.16. The average Bonchev–Trinajstić information content (AvgIpc) is 2.36. The van der Waals surface area contributed by atoms with E-state index < -0.39 is 17.8 Å². The first-order valence-corrected chi connectivity index (χ1v) is 5.02. The van der Waals surface area contributed by atoms with E-state index in [2.05, 4.69) is 10.4 Å². The van der Waals surface area contributed by atoms with Crippen molar-refractivity contribution in [2.75, 3.05) is 19.1 Å². The molecule has 0 radical (unpaired) electrons. The summed E-state index contributed by atoms with van der Waals surface area (Å²) in [7, 11) is 1.48.